The van der Waals surface area contributed by atoms with Crippen LogP contribution in [0.1, 0.15) is 60.6 Å². The Balaban J connectivity index is 1.66. The van der Waals surface area contributed by atoms with E-state index in [0.717, 1.165) is 31.4 Å². The molecule has 2 heterocycles. The first-order valence-corrected chi connectivity index (χ1v) is 10.5. The second kappa shape index (κ2) is 8.26. The van der Waals surface area contributed by atoms with Gasteiger partial charge in [0.2, 0.25) is 0 Å². The normalized spacial score (nSPS) is 14.6. The predicted molar refractivity (Wildman–Crippen MR) is 116 cm³/mol. The number of aromatic amines is 1. The number of nitrogens with zero attached hydrogens (tertiary/aromatic N) is 2. The minimum absolute atomic E-state index is 0.0681. The number of amides is 1. The van der Waals surface area contributed by atoms with Crippen LogP contribution < -0.4 is 16.6 Å². The van der Waals surface area contributed by atoms with Crippen molar-refractivity contribution in [1.82, 2.24) is 19.9 Å². The molecular weight excluding hydrogens is 380 g/mol. The van der Waals surface area contributed by atoms with Crippen LogP contribution in [-0.4, -0.2) is 26.5 Å². The molecule has 0 spiro atoms. The lowest BCUT2D eigenvalue weighted by Gasteiger charge is -2.16. The van der Waals surface area contributed by atoms with E-state index >= 15 is 0 Å². The molecule has 0 aliphatic heterocycles. The Morgan fingerprint density at radius 3 is 2.67 bits per heavy atom. The van der Waals surface area contributed by atoms with Gasteiger partial charge in [-0.05, 0) is 51.2 Å². The van der Waals surface area contributed by atoms with Crippen molar-refractivity contribution < 1.29 is 4.79 Å². The standard InChI is InChI=1S/C23H26N4O3/c1-3-27-20-19(22(29)26-23(27)30)17(13-18(25-20)16-11-12-16)21(28)24-14(2)9-10-15-7-5-4-6-8-15/h4-8,13-14,16H,3,9-12H2,1-2H3,(H,24,28)(H,26,29,30)/t14-/m1/s1. The molecule has 0 radical (unpaired) electrons. The number of hydrogen-bond donors (Lipinski definition) is 2. The van der Waals surface area contributed by atoms with Gasteiger partial charge in [0.05, 0.1) is 10.9 Å². The molecule has 1 aromatic carbocycles. The molecule has 7 heteroatoms. The zero-order valence-electron chi connectivity index (χ0n) is 17.3. The Hall–Kier alpha value is -3.22. The molecule has 30 heavy (non-hydrogen) atoms. The Labute approximate surface area is 174 Å². The molecule has 2 N–H and O–H groups in total. The van der Waals surface area contributed by atoms with E-state index in [0.29, 0.717) is 6.54 Å². The number of benzene rings is 1. The Bertz CT molecular complexity index is 1190. The molecule has 7 nitrogen and oxygen atoms in total. The third-order valence-corrected chi connectivity index (χ3v) is 5.61. The third-order valence-electron chi connectivity index (χ3n) is 5.61. The van der Waals surface area contributed by atoms with Gasteiger partial charge in [0.25, 0.3) is 11.5 Å². The van der Waals surface area contributed by atoms with Crippen molar-refractivity contribution in [3.63, 3.8) is 0 Å². The number of H-pyrrole nitrogens is 1. The number of rotatable bonds is 7. The highest BCUT2D eigenvalue weighted by atomic mass is 16.2. The molecule has 1 atom stereocenters. The highest BCUT2D eigenvalue weighted by molar-refractivity contribution is 6.05. The maximum absolute atomic E-state index is 13.1. The SMILES string of the molecule is CCn1c(=O)[nH]c(=O)c2c(C(=O)N[C@H](C)CCc3ccccc3)cc(C3CC3)nc21. The van der Waals surface area contributed by atoms with Crippen molar-refractivity contribution in [3.8, 4) is 0 Å². The zero-order valence-corrected chi connectivity index (χ0v) is 17.3. The Kier molecular flexibility index (Phi) is 5.53. The van der Waals surface area contributed by atoms with Gasteiger partial charge in [-0.1, -0.05) is 30.3 Å². The van der Waals surface area contributed by atoms with Gasteiger partial charge in [0, 0.05) is 24.2 Å². The molecular formula is C23H26N4O3. The third kappa shape index (κ3) is 4.06. The maximum atomic E-state index is 13.1. The second-order valence-corrected chi connectivity index (χ2v) is 7.97. The number of carbonyl (C=O) groups is 1. The van der Waals surface area contributed by atoms with Gasteiger partial charge in [-0.15, -0.1) is 0 Å². The summed E-state index contributed by atoms with van der Waals surface area (Å²) in [5.74, 6) is -0.0205. The Morgan fingerprint density at radius 2 is 2.00 bits per heavy atom. The van der Waals surface area contributed by atoms with Crippen LogP contribution in [0.15, 0.2) is 46.0 Å². The summed E-state index contributed by atoms with van der Waals surface area (Å²) in [7, 11) is 0. The van der Waals surface area contributed by atoms with E-state index in [9.17, 15) is 14.4 Å². The van der Waals surface area contributed by atoms with Crippen LogP contribution in [0.2, 0.25) is 0 Å². The smallest absolute Gasteiger partial charge is 0.329 e. The number of aromatic nitrogens is 3. The molecule has 0 unspecified atom stereocenters. The summed E-state index contributed by atoms with van der Waals surface area (Å²) in [5, 5.41) is 3.19. The van der Waals surface area contributed by atoms with Crippen molar-refractivity contribution in [2.75, 3.05) is 0 Å². The van der Waals surface area contributed by atoms with E-state index in [1.165, 1.54) is 10.1 Å². The number of nitrogens with one attached hydrogen (secondary N) is 2. The van der Waals surface area contributed by atoms with Crippen molar-refractivity contribution in [1.29, 1.82) is 0 Å². The van der Waals surface area contributed by atoms with Gasteiger partial charge in [-0.3, -0.25) is 19.1 Å². The summed E-state index contributed by atoms with van der Waals surface area (Å²) in [6, 6.07) is 11.8. The van der Waals surface area contributed by atoms with Crippen LogP contribution in [0.3, 0.4) is 0 Å². The number of carbonyl (C=O) groups excluding carboxylic acids is 1. The van der Waals surface area contributed by atoms with Gasteiger partial charge in [-0.2, -0.15) is 0 Å². The number of hydrogen-bond acceptors (Lipinski definition) is 4. The van der Waals surface area contributed by atoms with Gasteiger partial charge >= 0.3 is 5.69 Å². The van der Waals surface area contributed by atoms with E-state index in [1.807, 2.05) is 32.0 Å². The van der Waals surface area contributed by atoms with E-state index in [-0.39, 0.29) is 34.5 Å². The van der Waals surface area contributed by atoms with Crippen LogP contribution in [0.25, 0.3) is 11.0 Å². The maximum Gasteiger partial charge on any atom is 0.329 e. The number of fused-ring (bicyclic) bond motifs is 1. The average molecular weight is 406 g/mol. The van der Waals surface area contributed by atoms with Crippen molar-refractivity contribution in [2.24, 2.45) is 0 Å². The Morgan fingerprint density at radius 1 is 1.27 bits per heavy atom. The summed E-state index contributed by atoms with van der Waals surface area (Å²) in [6.07, 6.45) is 3.64. The van der Waals surface area contributed by atoms with Gasteiger partial charge in [-0.25, -0.2) is 9.78 Å². The van der Waals surface area contributed by atoms with Gasteiger partial charge < -0.3 is 5.32 Å². The van der Waals surface area contributed by atoms with Crippen molar-refractivity contribution in [2.45, 2.75) is 58.0 Å². The fourth-order valence-corrected chi connectivity index (χ4v) is 3.76. The fraction of sp³-hybridized carbons (Fsp3) is 0.391. The quantitative estimate of drug-likeness (QED) is 0.630. The van der Waals surface area contributed by atoms with E-state index < -0.39 is 11.2 Å². The molecule has 1 fully saturated rings. The zero-order chi connectivity index (χ0) is 21.3. The lowest BCUT2D eigenvalue weighted by Crippen LogP contribution is -2.36. The monoisotopic (exact) mass is 406 g/mol. The van der Waals surface area contributed by atoms with Crippen LogP contribution in [-0.2, 0) is 13.0 Å². The van der Waals surface area contributed by atoms with Gasteiger partial charge in [0.1, 0.15) is 0 Å². The summed E-state index contributed by atoms with van der Waals surface area (Å²) in [5.41, 5.74) is 1.49. The summed E-state index contributed by atoms with van der Waals surface area (Å²) in [6.45, 7) is 4.13. The van der Waals surface area contributed by atoms with Crippen LogP contribution >= 0.6 is 0 Å². The van der Waals surface area contributed by atoms with Gasteiger partial charge in [0.15, 0.2) is 5.65 Å². The molecule has 0 bridgehead atoms. The molecule has 1 saturated carbocycles. The van der Waals surface area contributed by atoms with E-state index in [4.69, 9.17) is 0 Å². The highest BCUT2D eigenvalue weighted by Gasteiger charge is 2.28. The number of pyridine rings is 1. The minimum atomic E-state index is -0.573. The van der Waals surface area contributed by atoms with Crippen LogP contribution in [0.5, 0.6) is 0 Å². The first-order valence-electron chi connectivity index (χ1n) is 10.5. The van der Waals surface area contributed by atoms with E-state index in [2.05, 4.69) is 27.4 Å². The topological polar surface area (TPSA) is 96.9 Å². The molecule has 4 rings (SSSR count). The lowest BCUT2D eigenvalue weighted by atomic mass is 10.0. The summed E-state index contributed by atoms with van der Waals surface area (Å²) < 4.78 is 1.41. The first-order chi connectivity index (χ1) is 14.5. The predicted octanol–water partition coefficient (Wildman–Crippen LogP) is 2.73. The molecule has 156 valence electrons. The first kappa shape index (κ1) is 20.1. The second-order valence-electron chi connectivity index (χ2n) is 7.97. The van der Waals surface area contributed by atoms with Crippen molar-refractivity contribution in [3.05, 3.63) is 74.1 Å². The fourth-order valence-electron chi connectivity index (χ4n) is 3.76. The largest absolute Gasteiger partial charge is 0.350 e. The molecule has 3 aromatic rings. The van der Waals surface area contributed by atoms with E-state index in [1.54, 1.807) is 6.07 Å². The highest BCUT2D eigenvalue weighted by Crippen LogP contribution is 2.39. The summed E-state index contributed by atoms with van der Waals surface area (Å²) >= 11 is 0. The lowest BCUT2D eigenvalue weighted by molar-refractivity contribution is 0.0940. The van der Waals surface area contributed by atoms with Crippen LogP contribution in [0, 0.1) is 0 Å². The number of aryl methyl sites for hydroxylation is 2. The van der Waals surface area contributed by atoms with Crippen LogP contribution in [0.4, 0.5) is 0 Å². The minimum Gasteiger partial charge on any atom is -0.350 e. The van der Waals surface area contributed by atoms with Crippen molar-refractivity contribution >= 4 is 16.9 Å². The molecule has 1 aliphatic carbocycles. The molecule has 1 aliphatic rings. The average Bonchev–Trinajstić information content (AvgIpc) is 3.58. The molecule has 0 saturated heterocycles. The summed E-state index contributed by atoms with van der Waals surface area (Å²) in [4.78, 5) is 44.9. The molecule has 1 amide bonds. The molecule has 2 aromatic heterocycles.